The van der Waals surface area contributed by atoms with Crippen molar-refractivity contribution in [3.8, 4) is 16.5 Å². The summed E-state index contributed by atoms with van der Waals surface area (Å²) in [5, 5.41) is 20.2. The molecule has 0 bridgehead atoms. The van der Waals surface area contributed by atoms with Crippen LogP contribution in [0.4, 0.5) is 15.8 Å². The highest BCUT2D eigenvalue weighted by Gasteiger charge is 2.23. The lowest BCUT2D eigenvalue weighted by Crippen LogP contribution is -1.96. The number of nitrogens with zero attached hydrogens (tertiary/aromatic N) is 2. The Balaban J connectivity index is 2.73. The number of rotatable bonds is 4. The van der Waals surface area contributed by atoms with Crippen LogP contribution in [0.1, 0.15) is 23.8 Å². The number of nitro benzene ring substituents is 1. The molecule has 108 valence electrons. The highest BCUT2D eigenvalue weighted by molar-refractivity contribution is 7.16. The number of halogens is 1. The lowest BCUT2D eigenvalue weighted by atomic mass is 10.0. The van der Waals surface area contributed by atoms with Gasteiger partial charge in [-0.3, -0.25) is 10.1 Å². The molecule has 1 aromatic heterocycles. The van der Waals surface area contributed by atoms with Gasteiger partial charge in [-0.05, 0) is 24.1 Å². The molecule has 0 amide bonds. The first-order chi connectivity index (χ1) is 9.99. The van der Waals surface area contributed by atoms with Crippen LogP contribution in [0.15, 0.2) is 18.2 Å². The highest BCUT2D eigenvalue weighted by atomic mass is 32.1. The second kappa shape index (κ2) is 5.89. The van der Waals surface area contributed by atoms with E-state index in [9.17, 15) is 14.5 Å². The Bertz CT molecular complexity index is 749. The van der Waals surface area contributed by atoms with Crippen LogP contribution in [0.5, 0.6) is 0 Å². The summed E-state index contributed by atoms with van der Waals surface area (Å²) in [5.41, 5.74) is 6.99. The fourth-order valence-electron chi connectivity index (χ4n) is 2.12. The minimum absolute atomic E-state index is 0.294. The van der Waals surface area contributed by atoms with Gasteiger partial charge in [-0.2, -0.15) is 5.26 Å². The van der Waals surface area contributed by atoms with E-state index in [1.54, 1.807) is 0 Å². The first kappa shape index (κ1) is 14.9. The molecule has 0 radical (unpaired) electrons. The number of hydrogen-bond donors (Lipinski definition) is 1. The first-order valence-corrected chi connectivity index (χ1v) is 7.06. The van der Waals surface area contributed by atoms with E-state index in [1.165, 1.54) is 12.1 Å². The van der Waals surface area contributed by atoms with Gasteiger partial charge in [-0.1, -0.05) is 13.3 Å². The van der Waals surface area contributed by atoms with Gasteiger partial charge in [0.05, 0.1) is 22.2 Å². The van der Waals surface area contributed by atoms with Gasteiger partial charge < -0.3 is 5.73 Å². The average molecular weight is 305 g/mol. The molecule has 0 saturated heterocycles. The summed E-state index contributed by atoms with van der Waals surface area (Å²) in [5.74, 6) is -0.674. The summed E-state index contributed by atoms with van der Waals surface area (Å²) in [6.45, 7) is 1.95. The molecule has 0 atom stereocenters. The number of nitrogen functional groups attached to an aromatic ring is 1. The van der Waals surface area contributed by atoms with Gasteiger partial charge in [-0.15, -0.1) is 11.3 Å². The summed E-state index contributed by atoms with van der Waals surface area (Å²) in [7, 11) is 0. The molecule has 2 N–H and O–H groups in total. The van der Waals surface area contributed by atoms with Crippen LogP contribution >= 0.6 is 11.3 Å². The Morgan fingerprint density at radius 2 is 2.24 bits per heavy atom. The van der Waals surface area contributed by atoms with Gasteiger partial charge in [0.15, 0.2) is 0 Å². The van der Waals surface area contributed by atoms with Crippen LogP contribution in [0.2, 0.25) is 0 Å². The highest BCUT2D eigenvalue weighted by Crippen LogP contribution is 2.42. The third kappa shape index (κ3) is 2.71. The SMILES string of the molecule is CCCc1c(-c2ccc(F)cc2[N+](=O)[O-])sc(C#N)c1N. The maximum atomic E-state index is 13.2. The molecular formula is C14H12FN3O2S. The maximum absolute atomic E-state index is 13.2. The molecule has 2 aromatic rings. The predicted molar refractivity (Wildman–Crippen MR) is 79.5 cm³/mol. The zero-order valence-electron chi connectivity index (χ0n) is 11.2. The lowest BCUT2D eigenvalue weighted by molar-refractivity contribution is -0.384. The van der Waals surface area contributed by atoms with Gasteiger partial charge >= 0.3 is 0 Å². The number of anilines is 1. The van der Waals surface area contributed by atoms with Crippen molar-refractivity contribution in [2.24, 2.45) is 0 Å². The topological polar surface area (TPSA) is 93.0 Å². The van der Waals surface area contributed by atoms with Crippen molar-refractivity contribution < 1.29 is 9.31 Å². The van der Waals surface area contributed by atoms with E-state index in [4.69, 9.17) is 11.0 Å². The first-order valence-electron chi connectivity index (χ1n) is 6.25. The number of nitriles is 1. The normalized spacial score (nSPS) is 10.3. The molecule has 1 aromatic carbocycles. The van der Waals surface area contributed by atoms with Gasteiger partial charge in [0, 0.05) is 4.88 Å². The van der Waals surface area contributed by atoms with E-state index in [0.29, 0.717) is 33.0 Å². The minimum Gasteiger partial charge on any atom is -0.397 e. The van der Waals surface area contributed by atoms with Crippen LogP contribution in [0, 0.1) is 27.3 Å². The van der Waals surface area contributed by atoms with Crippen molar-refractivity contribution in [2.45, 2.75) is 19.8 Å². The number of thiophene rings is 1. The van der Waals surface area contributed by atoms with Crippen LogP contribution in [0.3, 0.4) is 0 Å². The summed E-state index contributed by atoms with van der Waals surface area (Å²) in [6.07, 6.45) is 1.39. The Morgan fingerprint density at radius 1 is 1.52 bits per heavy atom. The summed E-state index contributed by atoms with van der Waals surface area (Å²) >= 11 is 1.10. The van der Waals surface area contributed by atoms with E-state index >= 15 is 0 Å². The second-order valence-electron chi connectivity index (χ2n) is 4.43. The molecule has 7 heteroatoms. The Hall–Kier alpha value is -2.46. The van der Waals surface area contributed by atoms with Gasteiger partial charge in [0.2, 0.25) is 0 Å². The molecule has 21 heavy (non-hydrogen) atoms. The van der Waals surface area contributed by atoms with Gasteiger partial charge in [-0.25, -0.2) is 4.39 Å². The van der Waals surface area contributed by atoms with Crippen LogP contribution in [0.25, 0.3) is 10.4 Å². The second-order valence-corrected chi connectivity index (χ2v) is 5.45. The van der Waals surface area contributed by atoms with E-state index < -0.39 is 10.7 Å². The number of hydrogen-bond acceptors (Lipinski definition) is 5. The standard InChI is InChI=1S/C14H12FN3O2S/c1-2-3-10-13(17)12(7-16)21-14(10)9-5-4-8(15)6-11(9)18(19)20/h4-6H,2-3,17H2,1H3. The Morgan fingerprint density at radius 3 is 2.81 bits per heavy atom. The fraction of sp³-hybridized carbons (Fsp3) is 0.214. The Labute approximate surface area is 124 Å². The molecule has 0 aliphatic rings. The van der Waals surface area contributed by atoms with Crippen molar-refractivity contribution in [1.82, 2.24) is 0 Å². The average Bonchev–Trinajstić information content (AvgIpc) is 2.76. The number of nitro groups is 1. The maximum Gasteiger partial charge on any atom is 0.280 e. The zero-order valence-corrected chi connectivity index (χ0v) is 12.0. The molecule has 0 unspecified atom stereocenters. The van der Waals surface area contributed by atoms with E-state index in [2.05, 4.69) is 0 Å². The zero-order chi connectivity index (χ0) is 15.6. The quantitative estimate of drug-likeness (QED) is 0.685. The summed E-state index contributed by atoms with van der Waals surface area (Å²) < 4.78 is 13.2. The number of nitrogens with two attached hydrogens (primary N) is 1. The predicted octanol–water partition coefficient (Wildman–Crippen LogP) is 3.87. The molecule has 0 spiro atoms. The third-order valence-corrected chi connectivity index (χ3v) is 4.24. The molecule has 1 heterocycles. The van der Waals surface area contributed by atoms with E-state index in [-0.39, 0.29) is 5.69 Å². The smallest absolute Gasteiger partial charge is 0.280 e. The molecule has 0 saturated carbocycles. The molecular weight excluding hydrogens is 293 g/mol. The molecule has 5 nitrogen and oxygen atoms in total. The molecule has 2 rings (SSSR count). The Kier molecular flexibility index (Phi) is 4.19. The third-order valence-electron chi connectivity index (χ3n) is 3.05. The van der Waals surface area contributed by atoms with Crippen molar-refractivity contribution in [3.05, 3.63) is 44.6 Å². The van der Waals surface area contributed by atoms with Crippen molar-refractivity contribution >= 4 is 22.7 Å². The number of benzene rings is 1. The molecule has 0 aliphatic heterocycles. The monoisotopic (exact) mass is 305 g/mol. The molecule has 0 fully saturated rings. The van der Waals surface area contributed by atoms with Gasteiger partial charge in [0.25, 0.3) is 5.69 Å². The van der Waals surface area contributed by atoms with Crippen molar-refractivity contribution in [2.75, 3.05) is 5.73 Å². The lowest BCUT2D eigenvalue weighted by Gasteiger charge is -2.05. The minimum atomic E-state index is -0.674. The van der Waals surface area contributed by atoms with Crippen LogP contribution in [-0.2, 0) is 6.42 Å². The summed E-state index contributed by atoms with van der Waals surface area (Å²) in [6, 6.07) is 5.40. The van der Waals surface area contributed by atoms with E-state index in [1.807, 2.05) is 13.0 Å². The van der Waals surface area contributed by atoms with Crippen LogP contribution in [-0.4, -0.2) is 4.92 Å². The van der Waals surface area contributed by atoms with Gasteiger partial charge in [0.1, 0.15) is 16.8 Å². The fourth-order valence-corrected chi connectivity index (χ4v) is 3.23. The van der Waals surface area contributed by atoms with Crippen molar-refractivity contribution in [1.29, 1.82) is 5.26 Å². The van der Waals surface area contributed by atoms with Crippen molar-refractivity contribution in [3.63, 3.8) is 0 Å². The summed E-state index contributed by atoms with van der Waals surface area (Å²) in [4.78, 5) is 11.4. The largest absolute Gasteiger partial charge is 0.397 e. The van der Waals surface area contributed by atoms with Crippen LogP contribution < -0.4 is 5.73 Å². The molecule has 0 aliphatic carbocycles. The van der Waals surface area contributed by atoms with E-state index in [0.717, 1.165) is 23.8 Å².